The molecule has 3 rings (SSSR count). The van der Waals surface area contributed by atoms with Crippen LogP contribution in [0.4, 0.5) is 0 Å². The largest absolute Gasteiger partial charge is 0.335 e. The average Bonchev–Trinajstić information content (AvgIpc) is 3.21. The van der Waals surface area contributed by atoms with Crippen LogP contribution in [-0.2, 0) is 4.79 Å². The zero-order chi connectivity index (χ0) is 18.5. The third kappa shape index (κ3) is 4.26. The maximum absolute atomic E-state index is 12.5. The highest BCUT2D eigenvalue weighted by atomic mass is 79.9. The van der Waals surface area contributed by atoms with Crippen molar-refractivity contribution in [1.82, 2.24) is 19.7 Å². The second-order valence-corrected chi connectivity index (χ2v) is 6.86. The highest BCUT2D eigenvalue weighted by Gasteiger charge is 2.15. The van der Waals surface area contributed by atoms with Crippen LogP contribution in [0.5, 0.6) is 0 Å². The summed E-state index contributed by atoms with van der Waals surface area (Å²) >= 11 is 3.40. The number of halogens is 1. The van der Waals surface area contributed by atoms with E-state index in [1.807, 2.05) is 68.6 Å². The van der Waals surface area contributed by atoms with Gasteiger partial charge in [-0.25, -0.2) is 9.67 Å². The van der Waals surface area contributed by atoms with Crippen molar-refractivity contribution < 1.29 is 4.79 Å². The molecule has 0 radical (unpaired) electrons. The average molecular weight is 411 g/mol. The lowest BCUT2D eigenvalue weighted by atomic mass is 10.1. The number of nitrogens with zero attached hydrogens (tertiary/aromatic N) is 4. The number of carbonyl (C=O) groups is 1. The molecule has 1 aromatic heterocycles. The molecule has 0 bridgehead atoms. The standard InChI is InChI=1S/C20H19BrN4O/c1-15(17-6-10-19(11-7-17)25-14-22-13-23-25)24(2)20(26)12-5-16-3-8-18(21)9-4-16/h3-15H,1-2H3/b12-5+/t15-/m0/s1. The van der Waals surface area contributed by atoms with Crippen LogP contribution in [0.25, 0.3) is 11.8 Å². The quantitative estimate of drug-likeness (QED) is 0.590. The number of carbonyl (C=O) groups excluding carboxylic acids is 1. The Labute approximate surface area is 161 Å². The van der Waals surface area contributed by atoms with Gasteiger partial charge in [-0.3, -0.25) is 4.79 Å². The van der Waals surface area contributed by atoms with E-state index in [1.54, 1.807) is 22.0 Å². The second kappa shape index (κ2) is 8.10. The molecule has 3 aromatic rings. The third-order valence-corrected chi connectivity index (χ3v) is 4.80. The highest BCUT2D eigenvalue weighted by molar-refractivity contribution is 9.10. The molecule has 0 saturated carbocycles. The van der Waals surface area contributed by atoms with E-state index in [9.17, 15) is 4.79 Å². The van der Waals surface area contributed by atoms with Gasteiger partial charge < -0.3 is 4.90 Å². The molecular formula is C20H19BrN4O. The molecule has 2 aromatic carbocycles. The first-order valence-electron chi connectivity index (χ1n) is 8.20. The minimum atomic E-state index is -0.0410. The first-order valence-corrected chi connectivity index (χ1v) is 8.99. The Morgan fingerprint density at radius 2 is 1.85 bits per heavy atom. The van der Waals surface area contributed by atoms with Crippen molar-refractivity contribution in [3.05, 3.63) is 82.9 Å². The predicted molar refractivity (Wildman–Crippen MR) is 106 cm³/mol. The normalized spacial score (nSPS) is 12.3. The predicted octanol–water partition coefficient (Wildman–Crippen LogP) is 4.26. The maximum atomic E-state index is 12.5. The van der Waals surface area contributed by atoms with E-state index in [0.717, 1.165) is 21.3 Å². The van der Waals surface area contributed by atoms with Crippen molar-refractivity contribution in [1.29, 1.82) is 0 Å². The summed E-state index contributed by atoms with van der Waals surface area (Å²) in [6.07, 6.45) is 6.58. The summed E-state index contributed by atoms with van der Waals surface area (Å²) in [7, 11) is 1.81. The van der Waals surface area contributed by atoms with Crippen LogP contribution in [0, 0.1) is 0 Å². The van der Waals surface area contributed by atoms with E-state index in [-0.39, 0.29) is 11.9 Å². The van der Waals surface area contributed by atoms with E-state index in [4.69, 9.17) is 0 Å². The third-order valence-electron chi connectivity index (χ3n) is 4.28. The molecule has 0 aliphatic heterocycles. The van der Waals surface area contributed by atoms with Gasteiger partial charge in [-0.05, 0) is 48.4 Å². The van der Waals surface area contributed by atoms with Crippen molar-refractivity contribution in [3.8, 4) is 5.69 Å². The fourth-order valence-corrected chi connectivity index (χ4v) is 2.78. The molecule has 0 saturated heterocycles. The zero-order valence-corrected chi connectivity index (χ0v) is 16.2. The van der Waals surface area contributed by atoms with Gasteiger partial charge in [0.25, 0.3) is 0 Å². The first-order chi connectivity index (χ1) is 12.5. The minimum absolute atomic E-state index is 0.0399. The lowest BCUT2D eigenvalue weighted by molar-refractivity contribution is -0.126. The molecule has 1 amide bonds. The van der Waals surface area contributed by atoms with Crippen LogP contribution in [0.2, 0.25) is 0 Å². The lowest BCUT2D eigenvalue weighted by Gasteiger charge is -2.24. The van der Waals surface area contributed by atoms with E-state index < -0.39 is 0 Å². The molecule has 0 unspecified atom stereocenters. The lowest BCUT2D eigenvalue weighted by Crippen LogP contribution is -2.27. The Morgan fingerprint density at radius 1 is 1.15 bits per heavy atom. The van der Waals surface area contributed by atoms with Gasteiger partial charge in [-0.1, -0.05) is 40.2 Å². The Bertz CT molecular complexity index is 887. The summed E-state index contributed by atoms with van der Waals surface area (Å²) in [6.45, 7) is 2.01. The summed E-state index contributed by atoms with van der Waals surface area (Å²) in [5, 5.41) is 4.11. The van der Waals surface area contributed by atoms with Crippen molar-refractivity contribution in [2.45, 2.75) is 13.0 Å². The number of rotatable bonds is 5. The summed E-state index contributed by atoms with van der Waals surface area (Å²) in [6, 6.07) is 15.7. The highest BCUT2D eigenvalue weighted by Crippen LogP contribution is 2.21. The van der Waals surface area contributed by atoms with E-state index in [2.05, 4.69) is 26.0 Å². The molecule has 5 nitrogen and oxygen atoms in total. The van der Waals surface area contributed by atoms with Gasteiger partial charge in [0, 0.05) is 17.6 Å². The topological polar surface area (TPSA) is 51.0 Å². The van der Waals surface area contributed by atoms with Crippen LogP contribution in [0.3, 0.4) is 0 Å². The maximum Gasteiger partial charge on any atom is 0.246 e. The number of aromatic nitrogens is 3. The molecular weight excluding hydrogens is 392 g/mol. The Kier molecular flexibility index (Phi) is 5.63. The molecule has 1 heterocycles. The molecule has 0 N–H and O–H groups in total. The molecule has 0 aliphatic rings. The first kappa shape index (κ1) is 18.1. The van der Waals surface area contributed by atoms with E-state index in [0.29, 0.717) is 0 Å². The molecule has 6 heteroatoms. The van der Waals surface area contributed by atoms with Crippen molar-refractivity contribution >= 4 is 27.9 Å². The smallest absolute Gasteiger partial charge is 0.246 e. The SMILES string of the molecule is C[C@@H](c1ccc(-n2cncn2)cc1)N(C)C(=O)/C=C/c1ccc(Br)cc1. The van der Waals surface area contributed by atoms with Gasteiger partial charge in [0.1, 0.15) is 12.7 Å². The van der Waals surface area contributed by atoms with Crippen molar-refractivity contribution in [2.24, 2.45) is 0 Å². The van der Waals surface area contributed by atoms with Gasteiger partial charge in [0.2, 0.25) is 5.91 Å². The van der Waals surface area contributed by atoms with Crippen molar-refractivity contribution in [2.75, 3.05) is 7.05 Å². The number of benzene rings is 2. The fourth-order valence-electron chi connectivity index (χ4n) is 2.52. The number of hydrogen-bond donors (Lipinski definition) is 0. The minimum Gasteiger partial charge on any atom is -0.335 e. The van der Waals surface area contributed by atoms with Gasteiger partial charge in [0.05, 0.1) is 11.7 Å². The van der Waals surface area contributed by atoms with Crippen LogP contribution in [-0.4, -0.2) is 32.6 Å². The van der Waals surface area contributed by atoms with Gasteiger partial charge >= 0.3 is 0 Å². The van der Waals surface area contributed by atoms with Crippen LogP contribution >= 0.6 is 15.9 Å². The Morgan fingerprint density at radius 3 is 2.46 bits per heavy atom. The molecule has 26 heavy (non-hydrogen) atoms. The molecule has 0 fully saturated rings. The molecule has 0 spiro atoms. The van der Waals surface area contributed by atoms with Crippen LogP contribution < -0.4 is 0 Å². The summed E-state index contributed by atoms with van der Waals surface area (Å²) in [5.74, 6) is -0.0410. The van der Waals surface area contributed by atoms with Crippen molar-refractivity contribution in [3.63, 3.8) is 0 Å². The molecule has 1 atom stereocenters. The van der Waals surface area contributed by atoms with E-state index in [1.165, 1.54) is 6.33 Å². The monoisotopic (exact) mass is 410 g/mol. The Hall–Kier alpha value is -2.73. The van der Waals surface area contributed by atoms with Gasteiger partial charge in [0.15, 0.2) is 0 Å². The van der Waals surface area contributed by atoms with Gasteiger partial charge in [-0.2, -0.15) is 5.10 Å². The number of hydrogen-bond acceptors (Lipinski definition) is 3. The van der Waals surface area contributed by atoms with Crippen LogP contribution in [0.15, 0.2) is 71.7 Å². The molecule has 132 valence electrons. The zero-order valence-electron chi connectivity index (χ0n) is 14.6. The fraction of sp³-hybridized carbons (Fsp3) is 0.150. The number of amides is 1. The summed E-state index contributed by atoms with van der Waals surface area (Å²) in [5.41, 5.74) is 2.98. The van der Waals surface area contributed by atoms with Crippen LogP contribution in [0.1, 0.15) is 24.1 Å². The second-order valence-electron chi connectivity index (χ2n) is 5.94. The van der Waals surface area contributed by atoms with Gasteiger partial charge in [-0.15, -0.1) is 0 Å². The molecule has 0 aliphatic carbocycles. The Balaban J connectivity index is 1.67. The summed E-state index contributed by atoms with van der Waals surface area (Å²) < 4.78 is 2.71. The van der Waals surface area contributed by atoms with E-state index >= 15 is 0 Å². The summed E-state index contributed by atoms with van der Waals surface area (Å²) in [4.78, 5) is 18.1. The number of likely N-dealkylation sites (N-methyl/N-ethyl adjacent to an activating group) is 1.